The molecule has 0 aliphatic rings. The van der Waals surface area contributed by atoms with Gasteiger partial charge in [-0.2, -0.15) is 0 Å². The van der Waals surface area contributed by atoms with E-state index in [0.717, 1.165) is 6.42 Å². The lowest BCUT2D eigenvalue weighted by atomic mass is 10.0. The van der Waals surface area contributed by atoms with Gasteiger partial charge in [-0.1, -0.05) is 19.4 Å². The normalized spacial score (nSPS) is 11.9. The SMILES string of the molecule is CCCC(CN)C(=O)Nc1cccc([N+](=O)[O-])c1C. The lowest BCUT2D eigenvalue weighted by Gasteiger charge is -2.15. The second-order valence-corrected chi connectivity index (χ2v) is 4.42. The summed E-state index contributed by atoms with van der Waals surface area (Å²) in [5, 5.41) is 13.5. The van der Waals surface area contributed by atoms with Crippen molar-refractivity contribution >= 4 is 17.3 Å². The molecule has 0 aliphatic carbocycles. The van der Waals surface area contributed by atoms with Crippen LogP contribution in [0.5, 0.6) is 0 Å². The van der Waals surface area contributed by atoms with E-state index in [2.05, 4.69) is 5.32 Å². The van der Waals surface area contributed by atoms with Gasteiger partial charge in [0.05, 0.1) is 22.1 Å². The van der Waals surface area contributed by atoms with Gasteiger partial charge in [-0.25, -0.2) is 0 Å². The smallest absolute Gasteiger partial charge is 0.274 e. The minimum absolute atomic E-state index is 0.00223. The minimum Gasteiger partial charge on any atom is -0.330 e. The summed E-state index contributed by atoms with van der Waals surface area (Å²) in [6.45, 7) is 3.87. The third-order valence-electron chi connectivity index (χ3n) is 3.05. The number of nitrogens with one attached hydrogen (secondary N) is 1. The second-order valence-electron chi connectivity index (χ2n) is 4.42. The first-order chi connectivity index (χ1) is 9.01. The fourth-order valence-corrected chi connectivity index (χ4v) is 1.90. The third kappa shape index (κ3) is 3.75. The van der Waals surface area contributed by atoms with Crippen LogP contribution in [0.4, 0.5) is 11.4 Å². The highest BCUT2D eigenvalue weighted by Gasteiger charge is 2.19. The van der Waals surface area contributed by atoms with Gasteiger partial charge >= 0.3 is 0 Å². The molecule has 1 aromatic rings. The van der Waals surface area contributed by atoms with Crippen LogP contribution >= 0.6 is 0 Å². The number of carbonyl (C=O) groups is 1. The van der Waals surface area contributed by atoms with Gasteiger partial charge in [0.2, 0.25) is 5.91 Å². The van der Waals surface area contributed by atoms with Crippen molar-refractivity contribution in [2.24, 2.45) is 11.7 Å². The zero-order valence-corrected chi connectivity index (χ0v) is 11.2. The summed E-state index contributed by atoms with van der Waals surface area (Å²) in [6, 6.07) is 4.62. The number of nitro groups is 1. The van der Waals surface area contributed by atoms with E-state index in [-0.39, 0.29) is 24.1 Å². The van der Waals surface area contributed by atoms with Crippen molar-refractivity contribution in [2.75, 3.05) is 11.9 Å². The first-order valence-corrected chi connectivity index (χ1v) is 6.26. The maximum atomic E-state index is 12.0. The molecule has 104 valence electrons. The molecule has 6 heteroatoms. The topological polar surface area (TPSA) is 98.3 Å². The highest BCUT2D eigenvalue weighted by molar-refractivity contribution is 5.93. The molecule has 1 aromatic carbocycles. The molecular weight excluding hydrogens is 246 g/mol. The quantitative estimate of drug-likeness (QED) is 0.608. The molecule has 1 unspecified atom stereocenters. The molecule has 6 nitrogen and oxygen atoms in total. The number of nitrogens with zero attached hydrogens (tertiary/aromatic N) is 1. The average Bonchev–Trinajstić information content (AvgIpc) is 2.37. The van der Waals surface area contributed by atoms with Crippen LogP contribution in [0, 0.1) is 23.0 Å². The number of amides is 1. The summed E-state index contributed by atoms with van der Waals surface area (Å²) in [6.07, 6.45) is 1.57. The lowest BCUT2D eigenvalue weighted by molar-refractivity contribution is -0.385. The highest BCUT2D eigenvalue weighted by atomic mass is 16.6. The largest absolute Gasteiger partial charge is 0.330 e. The number of nitrogens with two attached hydrogens (primary N) is 1. The van der Waals surface area contributed by atoms with Gasteiger partial charge in [0.15, 0.2) is 0 Å². The zero-order chi connectivity index (χ0) is 14.4. The van der Waals surface area contributed by atoms with E-state index in [1.165, 1.54) is 6.07 Å². The van der Waals surface area contributed by atoms with E-state index in [4.69, 9.17) is 5.73 Å². The van der Waals surface area contributed by atoms with Crippen molar-refractivity contribution in [3.05, 3.63) is 33.9 Å². The van der Waals surface area contributed by atoms with Crippen molar-refractivity contribution in [3.8, 4) is 0 Å². The monoisotopic (exact) mass is 265 g/mol. The van der Waals surface area contributed by atoms with Gasteiger partial charge in [-0.05, 0) is 19.4 Å². The summed E-state index contributed by atoms with van der Waals surface area (Å²) in [5.41, 5.74) is 6.48. The highest BCUT2D eigenvalue weighted by Crippen LogP contribution is 2.25. The Morgan fingerprint density at radius 3 is 2.74 bits per heavy atom. The lowest BCUT2D eigenvalue weighted by Crippen LogP contribution is -2.29. The molecule has 0 fully saturated rings. The molecule has 0 spiro atoms. The molecule has 1 rings (SSSR count). The fraction of sp³-hybridized carbons (Fsp3) is 0.462. The maximum absolute atomic E-state index is 12.0. The average molecular weight is 265 g/mol. The van der Waals surface area contributed by atoms with Crippen LogP contribution in [0.15, 0.2) is 18.2 Å². The summed E-state index contributed by atoms with van der Waals surface area (Å²) in [4.78, 5) is 22.4. The van der Waals surface area contributed by atoms with Crippen molar-refractivity contribution in [2.45, 2.75) is 26.7 Å². The van der Waals surface area contributed by atoms with Gasteiger partial charge in [0, 0.05) is 12.6 Å². The number of carbonyl (C=O) groups excluding carboxylic acids is 1. The molecule has 0 aromatic heterocycles. The number of benzene rings is 1. The van der Waals surface area contributed by atoms with Crippen LogP contribution in [0.25, 0.3) is 0 Å². The standard InChI is InChI=1S/C13H19N3O3/c1-3-5-10(8-14)13(17)15-11-6-4-7-12(9(11)2)16(18)19/h4,6-7,10H,3,5,8,14H2,1-2H3,(H,15,17). The number of anilines is 1. The Bertz CT molecular complexity index is 474. The van der Waals surface area contributed by atoms with Crippen molar-refractivity contribution in [1.29, 1.82) is 0 Å². The zero-order valence-electron chi connectivity index (χ0n) is 11.2. The van der Waals surface area contributed by atoms with Crippen molar-refractivity contribution < 1.29 is 9.72 Å². The third-order valence-corrected chi connectivity index (χ3v) is 3.05. The Morgan fingerprint density at radius 1 is 1.53 bits per heavy atom. The Morgan fingerprint density at radius 2 is 2.21 bits per heavy atom. The number of hydrogen-bond acceptors (Lipinski definition) is 4. The molecule has 19 heavy (non-hydrogen) atoms. The van der Waals surface area contributed by atoms with E-state index in [1.54, 1.807) is 19.1 Å². The number of nitro benzene ring substituents is 1. The van der Waals surface area contributed by atoms with Crippen LogP contribution < -0.4 is 11.1 Å². The first-order valence-electron chi connectivity index (χ1n) is 6.26. The van der Waals surface area contributed by atoms with Gasteiger partial charge in [-0.3, -0.25) is 14.9 Å². The summed E-state index contributed by atoms with van der Waals surface area (Å²) < 4.78 is 0. The van der Waals surface area contributed by atoms with Gasteiger partial charge in [0.25, 0.3) is 5.69 Å². The number of rotatable bonds is 6. The molecule has 0 saturated heterocycles. The van der Waals surface area contributed by atoms with E-state index in [9.17, 15) is 14.9 Å². The predicted molar refractivity (Wildman–Crippen MR) is 73.9 cm³/mol. The minimum atomic E-state index is -0.461. The van der Waals surface area contributed by atoms with E-state index >= 15 is 0 Å². The molecule has 3 N–H and O–H groups in total. The van der Waals surface area contributed by atoms with Crippen LogP contribution in [-0.4, -0.2) is 17.4 Å². The molecular formula is C13H19N3O3. The van der Waals surface area contributed by atoms with Crippen LogP contribution in [0.1, 0.15) is 25.3 Å². The van der Waals surface area contributed by atoms with Crippen LogP contribution in [-0.2, 0) is 4.79 Å². The summed E-state index contributed by atoms with van der Waals surface area (Å²) in [5.74, 6) is -0.448. The molecule has 1 atom stereocenters. The maximum Gasteiger partial charge on any atom is 0.274 e. The Hall–Kier alpha value is -1.95. The predicted octanol–water partition coefficient (Wildman–Crippen LogP) is 2.22. The Balaban J connectivity index is 2.90. The van der Waals surface area contributed by atoms with E-state index in [1.807, 2.05) is 6.92 Å². The summed E-state index contributed by atoms with van der Waals surface area (Å²) >= 11 is 0. The van der Waals surface area contributed by atoms with Crippen LogP contribution in [0.2, 0.25) is 0 Å². The molecule has 0 heterocycles. The van der Waals surface area contributed by atoms with E-state index in [0.29, 0.717) is 17.7 Å². The molecule has 0 aliphatic heterocycles. The number of hydrogen-bond donors (Lipinski definition) is 2. The summed E-state index contributed by atoms with van der Waals surface area (Å²) in [7, 11) is 0. The molecule has 0 saturated carbocycles. The molecule has 0 bridgehead atoms. The van der Waals surface area contributed by atoms with Crippen LogP contribution in [0.3, 0.4) is 0 Å². The fourth-order valence-electron chi connectivity index (χ4n) is 1.90. The van der Waals surface area contributed by atoms with Crippen molar-refractivity contribution in [3.63, 3.8) is 0 Å². The Labute approximate surface area is 112 Å². The molecule has 0 radical (unpaired) electrons. The Kier molecular flexibility index (Phi) is 5.44. The molecule has 1 amide bonds. The van der Waals surface area contributed by atoms with Gasteiger partial charge < -0.3 is 11.1 Å². The van der Waals surface area contributed by atoms with Gasteiger partial charge in [-0.15, -0.1) is 0 Å². The van der Waals surface area contributed by atoms with E-state index < -0.39 is 4.92 Å². The second kappa shape index (κ2) is 6.84. The van der Waals surface area contributed by atoms with Gasteiger partial charge in [0.1, 0.15) is 0 Å². The van der Waals surface area contributed by atoms with Crippen molar-refractivity contribution in [1.82, 2.24) is 0 Å². The first kappa shape index (κ1) is 15.1.